The molecule has 1 aliphatic rings. The third-order valence-electron chi connectivity index (χ3n) is 2.80. The highest BCUT2D eigenvalue weighted by Crippen LogP contribution is 2.35. The van der Waals surface area contributed by atoms with Gasteiger partial charge in [0, 0.05) is 6.92 Å². The summed E-state index contributed by atoms with van der Waals surface area (Å²) in [5.41, 5.74) is -0.0777. The zero-order chi connectivity index (χ0) is 19.4. The van der Waals surface area contributed by atoms with Crippen molar-refractivity contribution in [2.45, 2.75) is 22.1 Å². The highest BCUT2D eigenvalue weighted by Gasteiger charge is 2.52. The Morgan fingerprint density at radius 3 is 2.52 bits per heavy atom. The molecule has 0 aliphatic carbocycles. The predicted molar refractivity (Wildman–Crippen MR) is 97.3 cm³/mol. The van der Waals surface area contributed by atoms with Gasteiger partial charge in [0.25, 0.3) is 5.91 Å². The number of hydrogen-bond acceptors (Lipinski definition) is 7. The number of β-lactam (4-membered cyclic amide) rings is 1. The summed E-state index contributed by atoms with van der Waals surface area (Å²) in [5.74, 6) is -2.86. The highest BCUT2D eigenvalue weighted by atomic mass is 79.9. The van der Waals surface area contributed by atoms with E-state index in [-0.39, 0.29) is 5.33 Å². The van der Waals surface area contributed by atoms with E-state index in [1.807, 2.05) is 0 Å². The molecule has 8 nitrogen and oxygen atoms in total. The zero-order valence-electron chi connectivity index (χ0n) is 12.5. The minimum absolute atomic E-state index is 0.182. The van der Waals surface area contributed by atoms with Gasteiger partial charge in [-0.05, 0) is 0 Å². The second-order valence-corrected chi connectivity index (χ2v) is 8.65. The number of nitrogens with one attached hydrogen (secondary N) is 1. The fraction of sp³-hybridized carbons (Fsp3) is 0.500. The molecule has 0 aromatic carbocycles. The number of likely N-dealkylation sites (tertiary alicyclic amines) is 1. The number of halogens is 4. The van der Waals surface area contributed by atoms with Crippen LogP contribution in [0.3, 0.4) is 0 Å². The van der Waals surface area contributed by atoms with E-state index in [9.17, 15) is 24.3 Å². The molecule has 0 aromatic rings. The first-order valence-corrected chi connectivity index (χ1v) is 9.64. The number of aliphatic hydroxyl groups is 1. The van der Waals surface area contributed by atoms with Gasteiger partial charge in [-0.1, -0.05) is 62.5 Å². The average Bonchev–Trinajstić information content (AvgIpc) is 2.52. The van der Waals surface area contributed by atoms with E-state index >= 15 is 0 Å². The first-order valence-electron chi connectivity index (χ1n) is 6.44. The fourth-order valence-electron chi connectivity index (χ4n) is 1.88. The van der Waals surface area contributed by atoms with Crippen molar-refractivity contribution in [3.05, 3.63) is 11.5 Å². The first-order chi connectivity index (χ1) is 11.5. The minimum Gasteiger partial charge on any atom is -0.509 e. The van der Waals surface area contributed by atoms with Gasteiger partial charge in [0.2, 0.25) is 9.70 Å². The van der Waals surface area contributed by atoms with Crippen LogP contribution in [0.1, 0.15) is 6.92 Å². The van der Waals surface area contributed by atoms with E-state index in [1.54, 1.807) is 0 Å². The van der Waals surface area contributed by atoms with E-state index in [2.05, 4.69) is 21.2 Å². The lowest BCUT2D eigenvalue weighted by molar-refractivity contribution is -0.152. The van der Waals surface area contributed by atoms with Crippen molar-refractivity contribution in [3.8, 4) is 0 Å². The number of amides is 2. The summed E-state index contributed by atoms with van der Waals surface area (Å²) in [6.07, 6.45) is 0. The van der Waals surface area contributed by atoms with Gasteiger partial charge in [0.1, 0.15) is 23.8 Å². The third-order valence-corrected chi connectivity index (χ3v) is 4.53. The number of alkyl halides is 4. The average molecular weight is 499 g/mol. The largest absolute Gasteiger partial charge is 0.509 e. The summed E-state index contributed by atoms with van der Waals surface area (Å²) in [5, 5.41) is 11.2. The number of rotatable bonds is 7. The molecular formula is C12H12BrCl3N2O6S. The van der Waals surface area contributed by atoms with E-state index < -0.39 is 51.1 Å². The summed E-state index contributed by atoms with van der Waals surface area (Å²) < 4.78 is 2.90. The van der Waals surface area contributed by atoms with Crippen LogP contribution in [0.15, 0.2) is 11.5 Å². The lowest BCUT2D eigenvalue weighted by Gasteiger charge is -2.45. The second-order valence-electron chi connectivity index (χ2n) is 4.63. The molecule has 2 atom stereocenters. The van der Waals surface area contributed by atoms with Crippen LogP contribution in [0, 0.1) is 0 Å². The van der Waals surface area contributed by atoms with Crippen LogP contribution in [0.25, 0.3) is 0 Å². The van der Waals surface area contributed by atoms with Crippen molar-refractivity contribution in [1.29, 1.82) is 0 Å². The van der Waals surface area contributed by atoms with E-state index in [1.165, 1.54) is 6.92 Å². The van der Waals surface area contributed by atoms with Crippen LogP contribution >= 0.6 is 62.5 Å². The van der Waals surface area contributed by atoms with Crippen LogP contribution in [0.5, 0.6) is 0 Å². The van der Waals surface area contributed by atoms with Crippen molar-refractivity contribution in [3.63, 3.8) is 0 Å². The maximum Gasteiger partial charge on any atom is 0.358 e. The van der Waals surface area contributed by atoms with Crippen LogP contribution in [0.2, 0.25) is 0 Å². The number of esters is 1. The number of thioether (sulfide) groups is 1. The van der Waals surface area contributed by atoms with Crippen LogP contribution < -0.4 is 5.32 Å². The van der Waals surface area contributed by atoms with Gasteiger partial charge in [-0.2, -0.15) is 0 Å². The summed E-state index contributed by atoms with van der Waals surface area (Å²) in [7, 11) is 0. The molecular weight excluding hydrogens is 486 g/mol. The van der Waals surface area contributed by atoms with Crippen molar-refractivity contribution in [2.24, 2.45) is 0 Å². The molecule has 140 valence electrons. The number of carbonyl (C=O) groups is 4. The smallest absolute Gasteiger partial charge is 0.358 e. The minimum atomic E-state index is -1.89. The number of nitrogens with zero attached hydrogens (tertiary/aromatic N) is 1. The molecule has 1 rings (SSSR count). The Hall–Kier alpha value is -0.680. The van der Waals surface area contributed by atoms with Crippen molar-refractivity contribution in [2.75, 3.05) is 11.9 Å². The molecule has 0 radical (unpaired) electrons. The Bertz CT molecular complexity index is 612. The molecule has 0 bridgehead atoms. The van der Waals surface area contributed by atoms with Gasteiger partial charge >= 0.3 is 5.97 Å². The molecule has 0 saturated carbocycles. The van der Waals surface area contributed by atoms with Gasteiger partial charge in [-0.25, -0.2) is 4.79 Å². The Morgan fingerprint density at radius 1 is 1.48 bits per heavy atom. The first kappa shape index (κ1) is 22.4. The van der Waals surface area contributed by atoms with Gasteiger partial charge in [-0.15, -0.1) is 0 Å². The number of allylic oxidation sites excluding steroid dienone is 1. The predicted octanol–water partition coefficient (Wildman–Crippen LogP) is 1.66. The van der Waals surface area contributed by atoms with E-state index in [4.69, 9.17) is 39.5 Å². The molecule has 13 heteroatoms. The summed E-state index contributed by atoms with van der Waals surface area (Å²) in [4.78, 5) is 47.4. The Kier molecular flexibility index (Phi) is 8.33. The van der Waals surface area contributed by atoms with Gasteiger partial charge in [-0.3, -0.25) is 19.3 Å². The Balaban J connectivity index is 3.10. The van der Waals surface area contributed by atoms with Crippen molar-refractivity contribution < 1.29 is 29.0 Å². The normalized spacial score (nSPS) is 21.2. The molecule has 2 unspecified atom stereocenters. The van der Waals surface area contributed by atoms with Crippen molar-refractivity contribution in [1.82, 2.24) is 10.2 Å². The standard InChI is InChI=1S/C12H12BrCl3N2O6S/c1-5(20)17-7-9(22)18(10(7)25-4-19)8(6(21)2-13)11(23)24-3-12(14,15)16/h4,7,10,21H,2-3H2,1H3,(H,17,20). The van der Waals surface area contributed by atoms with Gasteiger partial charge in [0.05, 0.1) is 5.33 Å². The topological polar surface area (TPSA) is 113 Å². The lowest BCUT2D eigenvalue weighted by Crippen LogP contribution is -2.69. The molecule has 1 saturated heterocycles. The Labute approximate surface area is 170 Å². The number of ether oxygens (including phenoxy) is 1. The van der Waals surface area contributed by atoms with Crippen LogP contribution in [-0.4, -0.2) is 60.6 Å². The number of carbonyl (C=O) groups excluding carboxylic acids is 4. The number of hydrogen-bond donors (Lipinski definition) is 2. The van der Waals surface area contributed by atoms with Gasteiger partial charge < -0.3 is 15.2 Å². The van der Waals surface area contributed by atoms with E-state index in [0.29, 0.717) is 17.4 Å². The third kappa shape index (κ3) is 5.92. The zero-order valence-corrected chi connectivity index (χ0v) is 17.2. The molecule has 1 fully saturated rings. The fourth-order valence-corrected chi connectivity index (χ4v) is 3.10. The maximum absolute atomic E-state index is 12.3. The molecule has 0 aromatic heterocycles. The maximum atomic E-state index is 12.3. The van der Waals surface area contributed by atoms with Crippen molar-refractivity contribution >= 4 is 85.9 Å². The highest BCUT2D eigenvalue weighted by molar-refractivity contribution is 9.09. The quantitative estimate of drug-likeness (QED) is 0.137. The van der Waals surface area contributed by atoms with Gasteiger partial charge in [0.15, 0.2) is 11.3 Å². The Morgan fingerprint density at radius 2 is 2.08 bits per heavy atom. The SMILES string of the molecule is CC(=O)NC1C(=O)N(C(C(=O)OCC(Cl)(Cl)Cl)=C(O)CBr)C1SC=O. The summed E-state index contributed by atoms with van der Waals surface area (Å²) in [6, 6.07) is -1.04. The monoisotopic (exact) mass is 496 g/mol. The molecule has 1 aliphatic heterocycles. The molecule has 25 heavy (non-hydrogen) atoms. The van der Waals surface area contributed by atoms with Crippen LogP contribution in [0.4, 0.5) is 0 Å². The summed E-state index contributed by atoms with van der Waals surface area (Å²) in [6.45, 7) is 0.568. The molecule has 2 amide bonds. The summed E-state index contributed by atoms with van der Waals surface area (Å²) >= 11 is 20.1. The number of aliphatic hydroxyl groups excluding tert-OH is 1. The van der Waals surface area contributed by atoms with E-state index in [0.717, 1.165) is 4.90 Å². The van der Waals surface area contributed by atoms with Crippen LogP contribution in [-0.2, 0) is 23.9 Å². The molecule has 1 heterocycles. The second kappa shape index (κ2) is 9.31. The molecule has 0 spiro atoms. The molecule has 2 N–H and O–H groups in total. The lowest BCUT2D eigenvalue weighted by atomic mass is 10.1.